The van der Waals surface area contributed by atoms with Gasteiger partial charge in [0.05, 0.1) is 11.8 Å². The zero-order valence-electron chi connectivity index (χ0n) is 21.7. The summed E-state index contributed by atoms with van der Waals surface area (Å²) in [4.78, 5) is 0. The van der Waals surface area contributed by atoms with Gasteiger partial charge in [-0.05, 0) is 85.4 Å². The number of aliphatic hydroxyl groups is 1. The molecule has 1 aromatic heterocycles. The highest BCUT2D eigenvalue weighted by Crippen LogP contribution is 2.47. The van der Waals surface area contributed by atoms with E-state index >= 15 is 0 Å². The highest BCUT2D eigenvalue weighted by molar-refractivity contribution is 5.98. The molecule has 0 amide bonds. The van der Waals surface area contributed by atoms with Crippen molar-refractivity contribution < 1.29 is 9.50 Å². The van der Waals surface area contributed by atoms with Crippen molar-refractivity contribution in [3.05, 3.63) is 71.4 Å². The maximum atomic E-state index is 14.2. The molecule has 2 saturated carbocycles. The lowest BCUT2D eigenvalue weighted by atomic mass is 9.75. The van der Waals surface area contributed by atoms with Crippen LogP contribution in [0.25, 0.3) is 16.6 Å². The quantitative estimate of drug-likeness (QED) is 0.184. The van der Waals surface area contributed by atoms with Gasteiger partial charge in [-0.15, -0.1) is 0 Å². The first-order valence-corrected chi connectivity index (χ1v) is 13.4. The van der Waals surface area contributed by atoms with Gasteiger partial charge in [0.1, 0.15) is 5.82 Å². The molecule has 4 nitrogen and oxygen atoms in total. The number of hydrogen-bond acceptors (Lipinski definition) is 3. The first-order chi connectivity index (χ1) is 17.4. The van der Waals surface area contributed by atoms with Crippen molar-refractivity contribution in [1.29, 1.82) is 5.41 Å². The van der Waals surface area contributed by atoms with Gasteiger partial charge in [-0.3, -0.25) is 0 Å². The van der Waals surface area contributed by atoms with E-state index in [2.05, 4.69) is 30.2 Å². The molecule has 2 aliphatic rings. The first-order valence-electron chi connectivity index (χ1n) is 13.4. The normalized spacial score (nSPS) is 17.2. The zero-order valence-corrected chi connectivity index (χ0v) is 21.7. The molecule has 2 aromatic carbocycles. The zero-order chi connectivity index (χ0) is 25.8. The molecule has 1 atom stereocenters. The molecule has 192 valence electrons. The molecule has 36 heavy (non-hydrogen) atoms. The lowest BCUT2D eigenvalue weighted by molar-refractivity contribution is 0.280. The van der Waals surface area contributed by atoms with E-state index in [0.29, 0.717) is 23.1 Å². The van der Waals surface area contributed by atoms with Gasteiger partial charge in [0, 0.05) is 34.2 Å². The van der Waals surface area contributed by atoms with E-state index < -0.39 is 0 Å². The number of halogens is 1. The van der Waals surface area contributed by atoms with Crippen molar-refractivity contribution in [3.8, 4) is 5.69 Å². The number of aryl methyl sites for hydroxylation is 1. The van der Waals surface area contributed by atoms with Crippen LogP contribution in [0.4, 0.5) is 10.1 Å². The number of anilines is 1. The number of nitrogens with one attached hydrogen (secondary N) is 1. The Morgan fingerprint density at radius 1 is 1.14 bits per heavy atom. The Hall–Kier alpha value is -3.08. The van der Waals surface area contributed by atoms with Crippen LogP contribution in [0.5, 0.6) is 0 Å². The number of nitrogens with two attached hydrogens (primary N) is 1. The minimum absolute atomic E-state index is 0.169. The third kappa shape index (κ3) is 5.07. The molecule has 0 bridgehead atoms. The van der Waals surface area contributed by atoms with Crippen molar-refractivity contribution in [1.82, 2.24) is 4.57 Å². The van der Waals surface area contributed by atoms with Gasteiger partial charge in [-0.25, -0.2) is 4.39 Å². The van der Waals surface area contributed by atoms with Gasteiger partial charge in [0.15, 0.2) is 0 Å². The molecule has 0 saturated heterocycles. The van der Waals surface area contributed by atoms with Crippen molar-refractivity contribution in [3.63, 3.8) is 0 Å². The average molecular weight is 490 g/mol. The smallest absolute Gasteiger partial charge is 0.126 e. The van der Waals surface area contributed by atoms with Crippen LogP contribution >= 0.6 is 0 Å². The lowest BCUT2D eigenvalue weighted by Gasteiger charge is -2.31. The summed E-state index contributed by atoms with van der Waals surface area (Å²) < 4.78 is 16.6. The minimum atomic E-state index is -0.169. The summed E-state index contributed by atoms with van der Waals surface area (Å²) in [5, 5.41) is 16.4. The summed E-state index contributed by atoms with van der Waals surface area (Å²) >= 11 is 0. The molecule has 5 heteroatoms. The summed E-state index contributed by atoms with van der Waals surface area (Å²) in [5.41, 5.74) is 13.4. The third-order valence-electron chi connectivity index (χ3n) is 8.20. The molecular weight excluding hydrogens is 449 g/mol. The Balaban J connectivity index is 0.000000967. The fourth-order valence-electron chi connectivity index (χ4n) is 6.22. The van der Waals surface area contributed by atoms with Gasteiger partial charge < -0.3 is 20.8 Å². The Morgan fingerprint density at radius 3 is 2.42 bits per heavy atom. The lowest BCUT2D eigenvalue weighted by Crippen LogP contribution is -2.17. The van der Waals surface area contributed by atoms with E-state index in [1.54, 1.807) is 6.07 Å². The SMILES string of the molecule is C=CO.Cc1cc(-n2c(C3CCCCC3)c([C@@H](C)CC3CCC3)c3cc(N)c(C=N)cc32)ccc1F. The average Bonchev–Trinajstić information content (AvgIpc) is 3.17. The Labute approximate surface area is 214 Å². The molecule has 1 heterocycles. The minimum Gasteiger partial charge on any atom is -0.516 e. The number of aliphatic hydroxyl groups excluding tert-OH is 1. The topological polar surface area (TPSA) is 75.0 Å². The summed E-state index contributed by atoms with van der Waals surface area (Å²) in [6.07, 6.45) is 13.6. The van der Waals surface area contributed by atoms with Crippen molar-refractivity contribution in [2.45, 2.75) is 83.5 Å². The third-order valence-corrected chi connectivity index (χ3v) is 8.20. The van der Waals surface area contributed by atoms with Crippen LogP contribution in [0.15, 0.2) is 43.2 Å². The summed E-state index contributed by atoms with van der Waals surface area (Å²) in [5.74, 6) is 1.60. The van der Waals surface area contributed by atoms with Crippen LogP contribution in [-0.2, 0) is 0 Å². The second-order valence-corrected chi connectivity index (χ2v) is 10.7. The van der Waals surface area contributed by atoms with Crippen LogP contribution < -0.4 is 5.73 Å². The van der Waals surface area contributed by atoms with Crippen LogP contribution in [0.1, 0.15) is 98.9 Å². The number of nitrogens with zero attached hydrogens (tertiary/aromatic N) is 1. The largest absolute Gasteiger partial charge is 0.516 e. The van der Waals surface area contributed by atoms with Gasteiger partial charge in [0.2, 0.25) is 0 Å². The van der Waals surface area contributed by atoms with E-state index in [-0.39, 0.29) is 5.82 Å². The van der Waals surface area contributed by atoms with Crippen LogP contribution in [0.2, 0.25) is 0 Å². The number of fused-ring (bicyclic) bond motifs is 1. The molecule has 0 aliphatic heterocycles. The number of hydrogen-bond donors (Lipinski definition) is 3. The van der Waals surface area contributed by atoms with E-state index in [9.17, 15) is 4.39 Å². The molecule has 0 radical (unpaired) electrons. The molecule has 4 N–H and O–H groups in total. The fraction of sp³-hybridized carbons (Fsp3) is 0.452. The number of benzene rings is 2. The highest BCUT2D eigenvalue weighted by atomic mass is 19.1. The number of aromatic nitrogens is 1. The van der Waals surface area contributed by atoms with Gasteiger partial charge >= 0.3 is 0 Å². The number of nitrogen functional groups attached to an aromatic ring is 1. The van der Waals surface area contributed by atoms with Crippen LogP contribution in [0.3, 0.4) is 0 Å². The van der Waals surface area contributed by atoms with Gasteiger partial charge in [0.25, 0.3) is 0 Å². The van der Waals surface area contributed by atoms with Crippen molar-refractivity contribution >= 4 is 22.8 Å². The second-order valence-electron chi connectivity index (χ2n) is 10.7. The second kappa shape index (κ2) is 11.3. The first kappa shape index (κ1) is 26.0. The molecular formula is C31H40FN3O. The van der Waals surface area contributed by atoms with Crippen molar-refractivity contribution in [2.75, 3.05) is 5.73 Å². The molecule has 3 aromatic rings. The molecule has 0 unspecified atom stereocenters. The number of rotatable bonds is 6. The van der Waals surface area contributed by atoms with E-state index in [1.807, 2.05) is 19.1 Å². The Bertz CT molecular complexity index is 1230. The molecule has 0 spiro atoms. The van der Waals surface area contributed by atoms with Crippen molar-refractivity contribution in [2.24, 2.45) is 5.92 Å². The Kier molecular flexibility index (Phi) is 8.17. The maximum absolute atomic E-state index is 14.2. The fourth-order valence-corrected chi connectivity index (χ4v) is 6.22. The summed E-state index contributed by atoms with van der Waals surface area (Å²) in [6, 6.07) is 9.65. The Morgan fingerprint density at radius 2 is 1.83 bits per heavy atom. The van der Waals surface area contributed by atoms with E-state index in [1.165, 1.54) is 80.6 Å². The predicted molar refractivity (Wildman–Crippen MR) is 149 cm³/mol. The summed E-state index contributed by atoms with van der Waals surface area (Å²) in [6.45, 7) is 7.15. The van der Waals surface area contributed by atoms with E-state index in [0.717, 1.165) is 28.9 Å². The van der Waals surface area contributed by atoms with E-state index in [4.69, 9.17) is 16.2 Å². The molecule has 2 fully saturated rings. The van der Waals surface area contributed by atoms with Gasteiger partial charge in [-0.2, -0.15) is 0 Å². The standard InChI is InChI=1S/C29H36FN3.C2H4O/c1-18-14-23(11-12-25(18)30)33-27-15-22(17-31)26(32)16-24(27)28(19(2)13-20-7-6-8-20)29(33)21-9-4-3-5-10-21;1-2-3/h11-12,14-17,19-21,31H,3-10,13,32H2,1-2H3;2-3H,1H2/t19-;/m0./s1. The maximum Gasteiger partial charge on any atom is 0.126 e. The highest BCUT2D eigenvalue weighted by Gasteiger charge is 2.31. The van der Waals surface area contributed by atoms with Gasteiger partial charge in [-0.1, -0.05) is 52.0 Å². The summed E-state index contributed by atoms with van der Waals surface area (Å²) in [7, 11) is 0. The monoisotopic (exact) mass is 489 g/mol. The molecule has 2 aliphatic carbocycles. The van der Waals surface area contributed by atoms with Crippen LogP contribution in [0, 0.1) is 24.1 Å². The predicted octanol–water partition coefficient (Wildman–Crippen LogP) is 8.69. The molecule has 5 rings (SSSR count). The van der Waals surface area contributed by atoms with Crippen LogP contribution in [-0.4, -0.2) is 15.9 Å².